The van der Waals surface area contributed by atoms with Gasteiger partial charge in [0, 0.05) is 30.3 Å². The molecule has 0 atom stereocenters. The number of carbonyl (C=O) groups excluding carboxylic acids is 1. The third-order valence-electron chi connectivity index (χ3n) is 8.65. The lowest BCUT2D eigenvalue weighted by Crippen LogP contribution is -2.38. The molecule has 3 heterocycles. The molecule has 0 unspecified atom stereocenters. The minimum Gasteiger partial charge on any atom is -0.482 e. The molecular weight excluding hydrogens is 532 g/mol. The highest BCUT2D eigenvalue weighted by atomic mass is 16.5. The molecule has 9 heteroatoms. The van der Waals surface area contributed by atoms with E-state index in [4.69, 9.17) is 19.2 Å². The lowest BCUT2D eigenvalue weighted by Gasteiger charge is -2.32. The van der Waals surface area contributed by atoms with Gasteiger partial charge in [0.2, 0.25) is 0 Å². The Labute approximate surface area is 245 Å². The number of aliphatic carboxylic acids is 1. The number of hydrogen-bond acceptors (Lipinski definition) is 6. The summed E-state index contributed by atoms with van der Waals surface area (Å²) in [6.07, 6.45) is 11.4. The molecule has 1 saturated heterocycles. The van der Waals surface area contributed by atoms with Crippen molar-refractivity contribution in [3.63, 3.8) is 0 Å². The topological polar surface area (TPSA) is 110 Å². The van der Waals surface area contributed by atoms with Crippen molar-refractivity contribution in [1.29, 1.82) is 0 Å². The van der Waals surface area contributed by atoms with E-state index >= 15 is 0 Å². The van der Waals surface area contributed by atoms with Crippen molar-refractivity contribution < 1.29 is 23.8 Å². The van der Waals surface area contributed by atoms with Crippen LogP contribution in [0.5, 0.6) is 5.75 Å². The van der Waals surface area contributed by atoms with E-state index in [1.54, 1.807) is 12.5 Å². The largest absolute Gasteiger partial charge is 0.482 e. The fraction of sp³-hybridized carbons (Fsp3) is 0.424. The van der Waals surface area contributed by atoms with Gasteiger partial charge >= 0.3 is 5.97 Å². The van der Waals surface area contributed by atoms with E-state index in [2.05, 4.69) is 14.8 Å². The van der Waals surface area contributed by atoms with Crippen LogP contribution in [0.3, 0.4) is 0 Å². The van der Waals surface area contributed by atoms with Crippen molar-refractivity contribution in [3.05, 3.63) is 72.2 Å². The molecule has 2 fully saturated rings. The molecule has 0 radical (unpaired) electrons. The molecule has 6 rings (SSSR count). The maximum atomic E-state index is 13.2. The van der Waals surface area contributed by atoms with Crippen LogP contribution in [0, 0.1) is 5.92 Å². The standard InChI is InChI=1S/C33H38N4O5/c38-31(39)22-42-30-9-5-4-6-25(30)20-36-15-12-23(13-16-36)19-34-33(40)24-10-11-29-28(18-24)35-32(26-14-17-41-21-26)37(29)27-7-2-1-3-8-27/h4-6,9-11,14,17-18,21,23,27H,1-3,7-8,12-13,15-16,19-20,22H2,(H,34,40)(H,38,39). The number of carboxylic acid groups (broad SMARTS) is 1. The van der Waals surface area contributed by atoms with Gasteiger partial charge in [-0.05, 0) is 75.0 Å². The normalized spacial score (nSPS) is 17.0. The van der Waals surface area contributed by atoms with Gasteiger partial charge in [-0.25, -0.2) is 9.78 Å². The first-order valence-electron chi connectivity index (χ1n) is 15.0. The van der Waals surface area contributed by atoms with Gasteiger partial charge in [0.1, 0.15) is 17.8 Å². The molecule has 1 aliphatic heterocycles. The number of likely N-dealkylation sites (tertiary alicyclic amines) is 1. The van der Waals surface area contributed by atoms with Crippen LogP contribution in [0.1, 0.15) is 66.9 Å². The Kier molecular flexibility index (Phi) is 8.55. The summed E-state index contributed by atoms with van der Waals surface area (Å²) >= 11 is 0. The molecule has 2 aromatic heterocycles. The van der Waals surface area contributed by atoms with Gasteiger partial charge in [0.15, 0.2) is 6.61 Å². The molecule has 1 aliphatic carbocycles. The first kappa shape index (κ1) is 28.0. The number of amides is 1. The van der Waals surface area contributed by atoms with Gasteiger partial charge in [-0.2, -0.15) is 0 Å². The van der Waals surface area contributed by atoms with Gasteiger partial charge in [-0.15, -0.1) is 0 Å². The number of carbonyl (C=O) groups is 2. The molecule has 0 spiro atoms. The number of furan rings is 1. The fourth-order valence-corrected chi connectivity index (χ4v) is 6.39. The molecule has 42 heavy (non-hydrogen) atoms. The third-order valence-corrected chi connectivity index (χ3v) is 8.65. The molecule has 1 amide bonds. The third kappa shape index (κ3) is 6.36. The number of benzene rings is 2. The van der Waals surface area contributed by atoms with E-state index in [1.165, 1.54) is 19.3 Å². The number of hydrogen-bond donors (Lipinski definition) is 2. The minimum absolute atomic E-state index is 0.0686. The Morgan fingerprint density at radius 1 is 1.02 bits per heavy atom. The van der Waals surface area contributed by atoms with E-state index in [0.29, 0.717) is 36.4 Å². The molecule has 220 valence electrons. The number of fused-ring (bicyclic) bond motifs is 1. The van der Waals surface area contributed by atoms with Gasteiger partial charge in [-0.1, -0.05) is 37.5 Å². The van der Waals surface area contributed by atoms with Gasteiger partial charge in [0.25, 0.3) is 5.91 Å². The van der Waals surface area contributed by atoms with Crippen LogP contribution in [0.15, 0.2) is 65.5 Å². The molecule has 2 aromatic carbocycles. The molecule has 2 aliphatic rings. The number of para-hydroxylation sites is 1. The van der Waals surface area contributed by atoms with Crippen LogP contribution in [0.4, 0.5) is 0 Å². The van der Waals surface area contributed by atoms with Crippen LogP contribution < -0.4 is 10.1 Å². The average molecular weight is 571 g/mol. The quantitative estimate of drug-likeness (QED) is 0.244. The zero-order valence-electron chi connectivity index (χ0n) is 23.8. The molecule has 0 bridgehead atoms. The number of piperidine rings is 1. The second-order valence-corrected chi connectivity index (χ2v) is 11.5. The van der Waals surface area contributed by atoms with Crippen molar-refractivity contribution in [3.8, 4) is 17.1 Å². The Bertz CT molecular complexity index is 1510. The minimum atomic E-state index is -0.985. The number of rotatable bonds is 10. The predicted molar refractivity (Wildman–Crippen MR) is 159 cm³/mol. The first-order chi connectivity index (χ1) is 20.5. The van der Waals surface area contributed by atoms with Crippen LogP contribution >= 0.6 is 0 Å². The van der Waals surface area contributed by atoms with Crippen molar-refractivity contribution in [2.75, 3.05) is 26.2 Å². The van der Waals surface area contributed by atoms with E-state index in [1.807, 2.05) is 48.5 Å². The average Bonchev–Trinajstić information content (AvgIpc) is 3.68. The maximum absolute atomic E-state index is 13.2. The highest BCUT2D eigenvalue weighted by Gasteiger charge is 2.24. The number of nitrogens with one attached hydrogen (secondary N) is 1. The molecule has 2 N–H and O–H groups in total. The smallest absolute Gasteiger partial charge is 0.341 e. The van der Waals surface area contributed by atoms with Crippen molar-refractivity contribution >= 4 is 22.9 Å². The maximum Gasteiger partial charge on any atom is 0.341 e. The van der Waals surface area contributed by atoms with Gasteiger partial charge in [-0.3, -0.25) is 9.69 Å². The summed E-state index contributed by atoms with van der Waals surface area (Å²) in [5, 5.41) is 12.1. The zero-order valence-corrected chi connectivity index (χ0v) is 23.8. The number of nitrogens with zero attached hydrogens (tertiary/aromatic N) is 3. The van der Waals surface area contributed by atoms with E-state index in [-0.39, 0.29) is 12.5 Å². The van der Waals surface area contributed by atoms with Crippen LogP contribution in [0.2, 0.25) is 0 Å². The molecular formula is C33H38N4O5. The van der Waals surface area contributed by atoms with Crippen molar-refractivity contribution in [1.82, 2.24) is 19.8 Å². The summed E-state index contributed by atoms with van der Waals surface area (Å²) in [4.78, 5) is 31.4. The SMILES string of the molecule is O=C(O)COc1ccccc1CN1CCC(CNC(=O)c2ccc3c(c2)nc(-c2ccoc2)n3C2CCCCC2)CC1. The predicted octanol–water partition coefficient (Wildman–Crippen LogP) is 5.91. The Balaban J connectivity index is 1.06. The van der Waals surface area contributed by atoms with Crippen LogP contribution in [0.25, 0.3) is 22.4 Å². The highest BCUT2D eigenvalue weighted by Crippen LogP contribution is 2.36. The fourth-order valence-electron chi connectivity index (χ4n) is 6.39. The summed E-state index contributed by atoms with van der Waals surface area (Å²) < 4.78 is 13.2. The van der Waals surface area contributed by atoms with Crippen molar-refractivity contribution in [2.45, 2.75) is 57.5 Å². The Morgan fingerprint density at radius 3 is 2.60 bits per heavy atom. The van der Waals surface area contributed by atoms with Crippen LogP contribution in [-0.4, -0.2) is 57.7 Å². The Hall–Kier alpha value is -4.11. The number of carboxylic acids is 1. The lowest BCUT2D eigenvalue weighted by molar-refractivity contribution is -0.139. The summed E-state index contributed by atoms with van der Waals surface area (Å²) in [6, 6.07) is 15.8. The van der Waals surface area contributed by atoms with Gasteiger partial charge < -0.3 is 24.1 Å². The van der Waals surface area contributed by atoms with Crippen molar-refractivity contribution in [2.24, 2.45) is 5.92 Å². The second-order valence-electron chi connectivity index (χ2n) is 11.5. The zero-order chi connectivity index (χ0) is 28.9. The number of aromatic nitrogens is 2. The summed E-state index contributed by atoms with van der Waals surface area (Å²) in [5.74, 6) is 0.880. The monoisotopic (exact) mass is 570 g/mol. The molecule has 4 aromatic rings. The number of imidazole rings is 1. The first-order valence-corrected chi connectivity index (χ1v) is 15.0. The van der Waals surface area contributed by atoms with E-state index in [0.717, 1.165) is 66.8 Å². The van der Waals surface area contributed by atoms with Gasteiger partial charge in [0.05, 0.1) is 22.9 Å². The summed E-state index contributed by atoms with van der Waals surface area (Å²) in [6.45, 7) is 2.83. The summed E-state index contributed by atoms with van der Waals surface area (Å²) in [5.41, 5.74) is 4.49. The number of ether oxygens (including phenoxy) is 1. The molecule has 1 saturated carbocycles. The van der Waals surface area contributed by atoms with Crippen LogP contribution in [-0.2, 0) is 11.3 Å². The summed E-state index contributed by atoms with van der Waals surface area (Å²) in [7, 11) is 0. The molecule has 9 nitrogen and oxygen atoms in total. The second kappa shape index (κ2) is 12.8. The van der Waals surface area contributed by atoms with E-state index < -0.39 is 5.97 Å². The lowest BCUT2D eigenvalue weighted by atomic mass is 9.95. The Morgan fingerprint density at radius 2 is 1.83 bits per heavy atom. The van der Waals surface area contributed by atoms with E-state index in [9.17, 15) is 9.59 Å². The highest BCUT2D eigenvalue weighted by molar-refractivity contribution is 5.98.